The van der Waals surface area contributed by atoms with Gasteiger partial charge in [-0.25, -0.2) is 9.18 Å². The van der Waals surface area contributed by atoms with Crippen LogP contribution in [0.5, 0.6) is 0 Å². The molecule has 0 saturated carbocycles. The first kappa shape index (κ1) is 20.8. The third kappa shape index (κ3) is 4.40. The van der Waals surface area contributed by atoms with E-state index in [9.17, 15) is 14.0 Å². The molecule has 150 valence electrons. The lowest BCUT2D eigenvalue weighted by atomic mass is 10.0. The van der Waals surface area contributed by atoms with Crippen molar-refractivity contribution >= 4 is 29.6 Å². The highest BCUT2D eigenvalue weighted by molar-refractivity contribution is 6.32. The van der Waals surface area contributed by atoms with Crippen LogP contribution in [0.4, 0.5) is 4.39 Å². The van der Waals surface area contributed by atoms with E-state index in [1.54, 1.807) is 13.8 Å². The van der Waals surface area contributed by atoms with Gasteiger partial charge in [-0.15, -0.1) is 0 Å². The SMILES string of the molecule is CCOC(=O)C1=C(C)N(CCc2ccccc2)C(=O)/C1=C\c1c(F)cccc1Cl. The molecule has 1 heterocycles. The zero-order chi connectivity index (χ0) is 21.0. The van der Waals surface area contributed by atoms with E-state index in [1.165, 1.54) is 29.2 Å². The second-order valence-electron chi connectivity index (χ2n) is 6.57. The van der Waals surface area contributed by atoms with Gasteiger partial charge in [0.05, 0.1) is 22.8 Å². The molecule has 0 aliphatic carbocycles. The van der Waals surface area contributed by atoms with Gasteiger partial charge in [-0.2, -0.15) is 0 Å². The molecule has 0 spiro atoms. The van der Waals surface area contributed by atoms with E-state index in [1.807, 2.05) is 30.3 Å². The molecule has 0 radical (unpaired) electrons. The number of hydrogen-bond donors (Lipinski definition) is 0. The molecule has 2 aromatic carbocycles. The zero-order valence-electron chi connectivity index (χ0n) is 16.2. The third-order valence-electron chi connectivity index (χ3n) is 4.75. The van der Waals surface area contributed by atoms with Crippen molar-refractivity contribution in [1.82, 2.24) is 4.90 Å². The van der Waals surface area contributed by atoms with E-state index in [4.69, 9.17) is 16.3 Å². The van der Waals surface area contributed by atoms with Crippen LogP contribution < -0.4 is 0 Å². The molecule has 1 amide bonds. The number of hydrogen-bond acceptors (Lipinski definition) is 3. The summed E-state index contributed by atoms with van der Waals surface area (Å²) in [6, 6.07) is 14.0. The molecular weight excluding hydrogens is 393 g/mol. The predicted molar refractivity (Wildman–Crippen MR) is 111 cm³/mol. The highest BCUT2D eigenvalue weighted by atomic mass is 35.5. The van der Waals surface area contributed by atoms with Gasteiger partial charge in [0.2, 0.25) is 0 Å². The molecule has 1 aliphatic heterocycles. The lowest BCUT2D eigenvalue weighted by molar-refractivity contribution is -0.138. The van der Waals surface area contributed by atoms with Crippen molar-refractivity contribution in [2.75, 3.05) is 13.2 Å². The second kappa shape index (κ2) is 9.05. The van der Waals surface area contributed by atoms with Gasteiger partial charge in [-0.3, -0.25) is 4.79 Å². The normalized spacial score (nSPS) is 15.4. The van der Waals surface area contributed by atoms with E-state index in [-0.39, 0.29) is 34.2 Å². The van der Waals surface area contributed by atoms with Crippen LogP contribution >= 0.6 is 11.6 Å². The maximum atomic E-state index is 14.3. The van der Waals surface area contributed by atoms with Crippen molar-refractivity contribution in [2.45, 2.75) is 20.3 Å². The molecule has 29 heavy (non-hydrogen) atoms. The largest absolute Gasteiger partial charge is 0.462 e. The first-order chi connectivity index (χ1) is 13.9. The van der Waals surface area contributed by atoms with Crippen molar-refractivity contribution in [3.63, 3.8) is 0 Å². The zero-order valence-corrected chi connectivity index (χ0v) is 17.0. The second-order valence-corrected chi connectivity index (χ2v) is 6.97. The first-order valence-electron chi connectivity index (χ1n) is 9.34. The van der Waals surface area contributed by atoms with Gasteiger partial charge in [0, 0.05) is 17.8 Å². The average Bonchev–Trinajstić information content (AvgIpc) is 2.93. The van der Waals surface area contributed by atoms with Crippen LogP contribution in [0.15, 0.2) is 65.4 Å². The number of rotatable bonds is 6. The summed E-state index contributed by atoms with van der Waals surface area (Å²) in [6.45, 7) is 3.94. The summed E-state index contributed by atoms with van der Waals surface area (Å²) in [5, 5.41) is 0.161. The molecule has 0 aromatic heterocycles. The summed E-state index contributed by atoms with van der Waals surface area (Å²) in [5.74, 6) is -1.55. The van der Waals surface area contributed by atoms with E-state index >= 15 is 0 Å². The Kier molecular flexibility index (Phi) is 6.49. The number of ether oxygens (including phenoxy) is 1. The van der Waals surface area contributed by atoms with Gasteiger partial charge >= 0.3 is 5.97 Å². The molecule has 2 aromatic rings. The lowest BCUT2D eigenvalue weighted by Gasteiger charge is -2.17. The number of benzene rings is 2. The molecular formula is C23H21ClFNO3. The summed E-state index contributed by atoms with van der Waals surface area (Å²) in [7, 11) is 0. The Hall–Kier alpha value is -2.92. The molecule has 0 N–H and O–H groups in total. The Bertz CT molecular complexity index is 978. The van der Waals surface area contributed by atoms with Crippen LogP contribution in [0.25, 0.3) is 6.08 Å². The molecule has 0 atom stereocenters. The fourth-order valence-corrected chi connectivity index (χ4v) is 3.49. The number of amides is 1. The predicted octanol–water partition coefficient (Wildman–Crippen LogP) is 4.78. The maximum Gasteiger partial charge on any atom is 0.340 e. The molecule has 3 rings (SSSR count). The summed E-state index contributed by atoms with van der Waals surface area (Å²) in [5.41, 5.74) is 1.85. The smallest absolute Gasteiger partial charge is 0.340 e. The van der Waals surface area contributed by atoms with Crippen LogP contribution in [0, 0.1) is 5.82 Å². The minimum Gasteiger partial charge on any atom is -0.462 e. The van der Waals surface area contributed by atoms with Gasteiger partial charge in [0.1, 0.15) is 5.82 Å². The molecule has 1 aliphatic rings. The fraction of sp³-hybridized carbons (Fsp3) is 0.217. The number of nitrogens with zero attached hydrogens (tertiary/aromatic N) is 1. The van der Waals surface area contributed by atoms with Crippen LogP contribution in [-0.4, -0.2) is 29.9 Å². The minimum atomic E-state index is -0.612. The summed E-state index contributed by atoms with van der Waals surface area (Å²) >= 11 is 6.12. The van der Waals surface area contributed by atoms with E-state index in [0.717, 1.165) is 5.56 Å². The molecule has 0 unspecified atom stereocenters. The van der Waals surface area contributed by atoms with Crippen LogP contribution in [-0.2, 0) is 20.7 Å². The molecule has 4 nitrogen and oxygen atoms in total. The average molecular weight is 414 g/mol. The Morgan fingerprint density at radius 2 is 1.90 bits per heavy atom. The number of esters is 1. The van der Waals surface area contributed by atoms with Gasteiger partial charge < -0.3 is 9.64 Å². The van der Waals surface area contributed by atoms with Crippen molar-refractivity contribution in [1.29, 1.82) is 0 Å². The number of halogens is 2. The lowest BCUT2D eigenvalue weighted by Crippen LogP contribution is -2.27. The molecule has 0 fully saturated rings. The highest BCUT2D eigenvalue weighted by Gasteiger charge is 2.37. The number of allylic oxidation sites excluding steroid dienone is 1. The summed E-state index contributed by atoms with van der Waals surface area (Å²) in [6.07, 6.45) is 1.95. The van der Waals surface area contributed by atoms with E-state index < -0.39 is 11.8 Å². The van der Waals surface area contributed by atoms with Crippen LogP contribution in [0.3, 0.4) is 0 Å². The molecule has 0 saturated heterocycles. The quantitative estimate of drug-likeness (QED) is 0.505. The van der Waals surface area contributed by atoms with Gasteiger partial charge in [0.25, 0.3) is 5.91 Å². The van der Waals surface area contributed by atoms with Gasteiger partial charge in [-0.1, -0.05) is 48.0 Å². The third-order valence-corrected chi connectivity index (χ3v) is 5.08. The van der Waals surface area contributed by atoms with Gasteiger partial charge in [-0.05, 0) is 44.0 Å². The Morgan fingerprint density at radius 3 is 2.55 bits per heavy atom. The van der Waals surface area contributed by atoms with Crippen LogP contribution in [0.1, 0.15) is 25.0 Å². The standard InChI is InChI=1S/C23H21ClFNO3/c1-3-29-23(28)21-15(2)26(13-12-16-8-5-4-6-9-16)22(27)18(21)14-17-19(24)10-7-11-20(17)25/h4-11,14H,3,12-13H2,1-2H3/b18-14-. The molecule has 0 bridgehead atoms. The van der Waals surface area contributed by atoms with Crippen LogP contribution in [0.2, 0.25) is 5.02 Å². The van der Waals surface area contributed by atoms with Crippen molar-refractivity contribution in [3.8, 4) is 0 Å². The van der Waals surface area contributed by atoms with Crippen molar-refractivity contribution < 1.29 is 18.7 Å². The number of carbonyl (C=O) groups is 2. The topological polar surface area (TPSA) is 46.6 Å². The minimum absolute atomic E-state index is 0.0667. The van der Waals surface area contributed by atoms with Crippen molar-refractivity contribution in [3.05, 3.63) is 87.3 Å². The summed E-state index contributed by atoms with van der Waals surface area (Å²) < 4.78 is 19.4. The molecule has 6 heteroatoms. The van der Waals surface area contributed by atoms with Gasteiger partial charge in [0.15, 0.2) is 0 Å². The summed E-state index contributed by atoms with van der Waals surface area (Å²) in [4.78, 5) is 27.2. The highest BCUT2D eigenvalue weighted by Crippen LogP contribution is 2.33. The first-order valence-corrected chi connectivity index (χ1v) is 9.71. The monoisotopic (exact) mass is 413 g/mol. The van der Waals surface area contributed by atoms with Crippen molar-refractivity contribution in [2.24, 2.45) is 0 Å². The van der Waals surface area contributed by atoms with E-state index in [2.05, 4.69) is 0 Å². The Labute approximate surface area is 174 Å². The Balaban J connectivity index is 1.99. The van der Waals surface area contributed by atoms with E-state index in [0.29, 0.717) is 18.7 Å². The Morgan fingerprint density at radius 1 is 1.17 bits per heavy atom. The fourth-order valence-electron chi connectivity index (χ4n) is 3.28. The number of carbonyl (C=O) groups excluding carboxylic acids is 2. The maximum absolute atomic E-state index is 14.3.